The Labute approximate surface area is 124 Å². The molecule has 0 spiro atoms. The molecule has 0 saturated heterocycles. The fourth-order valence-corrected chi connectivity index (χ4v) is 2.08. The Kier molecular flexibility index (Phi) is 5.26. The maximum Gasteiger partial charge on any atom is 0.237 e. The van der Waals surface area contributed by atoms with Gasteiger partial charge in [0.25, 0.3) is 0 Å². The smallest absolute Gasteiger partial charge is 0.237 e. The third-order valence-corrected chi connectivity index (χ3v) is 3.00. The molecule has 1 aromatic carbocycles. The first kappa shape index (κ1) is 15.0. The number of anilines is 1. The predicted molar refractivity (Wildman–Crippen MR) is 82.3 cm³/mol. The molecular weight excluding hydrogens is 268 g/mol. The van der Waals surface area contributed by atoms with Crippen LogP contribution in [-0.2, 0) is 6.54 Å². The van der Waals surface area contributed by atoms with Crippen LogP contribution >= 0.6 is 0 Å². The molecular formula is C16H20N2O3. The number of pyridine rings is 1. The van der Waals surface area contributed by atoms with Gasteiger partial charge in [0, 0.05) is 18.3 Å². The third-order valence-electron chi connectivity index (χ3n) is 3.00. The average molecular weight is 288 g/mol. The summed E-state index contributed by atoms with van der Waals surface area (Å²) in [6.45, 7) is 3.14. The molecule has 112 valence electrons. The van der Waals surface area contributed by atoms with E-state index in [1.807, 2.05) is 37.3 Å². The Morgan fingerprint density at radius 2 is 1.95 bits per heavy atom. The maximum absolute atomic E-state index is 5.58. The molecule has 0 unspecified atom stereocenters. The molecule has 1 heterocycles. The van der Waals surface area contributed by atoms with Crippen molar-refractivity contribution in [1.29, 1.82) is 0 Å². The topological polar surface area (TPSA) is 52.6 Å². The van der Waals surface area contributed by atoms with Gasteiger partial charge in [0.2, 0.25) is 5.88 Å². The minimum Gasteiger partial charge on any atom is -0.493 e. The highest BCUT2D eigenvalue weighted by Gasteiger charge is 2.10. The molecule has 0 aliphatic heterocycles. The largest absolute Gasteiger partial charge is 0.493 e. The van der Waals surface area contributed by atoms with Crippen LogP contribution < -0.4 is 19.5 Å². The summed E-state index contributed by atoms with van der Waals surface area (Å²) in [5.74, 6) is 2.06. The quantitative estimate of drug-likeness (QED) is 0.848. The monoisotopic (exact) mass is 288 g/mol. The lowest BCUT2D eigenvalue weighted by atomic mass is 10.2. The molecule has 2 rings (SSSR count). The first-order valence-electron chi connectivity index (χ1n) is 6.81. The van der Waals surface area contributed by atoms with Crippen molar-refractivity contribution in [2.24, 2.45) is 0 Å². The second-order valence-corrected chi connectivity index (χ2v) is 4.30. The molecule has 0 saturated carbocycles. The maximum atomic E-state index is 5.58. The summed E-state index contributed by atoms with van der Waals surface area (Å²) in [6, 6.07) is 9.63. The van der Waals surface area contributed by atoms with Gasteiger partial charge in [-0.15, -0.1) is 0 Å². The molecule has 0 amide bonds. The van der Waals surface area contributed by atoms with Gasteiger partial charge in [0.1, 0.15) is 0 Å². The number of aromatic nitrogens is 1. The van der Waals surface area contributed by atoms with Crippen LogP contribution in [0.15, 0.2) is 36.5 Å². The van der Waals surface area contributed by atoms with Gasteiger partial charge in [0.05, 0.1) is 26.5 Å². The minimum atomic E-state index is 0.567. The van der Waals surface area contributed by atoms with E-state index in [4.69, 9.17) is 14.2 Å². The summed E-state index contributed by atoms with van der Waals surface area (Å²) in [6.07, 6.45) is 1.69. The number of para-hydroxylation sites is 1. The Morgan fingerprint density at radius 3 is 2.67 bits per heavy atom. The van der Waals surface area contributed by atoms with Crippen molar-refractivity contribution in [1.82, 2.24) is 4.98 Å². The Morgan fingerprint density at radius 1 is 1.10 bits per heavy atom. The van der Waals surface area contributed by atoms with E-state index >= 15 is 0 Å². The van der Waals surface area contributed by atoms with Gasteiger partial charge in [-0.1, -0.05) is 12.1 Å². The van der Waals surface area contributed by atoms with Crippen LogP contribution in [0.1, 0.15) is 12.5 Å². The molecule has 1 N–H and O–H groups in total. The third kappa shape index (κ3) is 3.56. The first-order valence-corrected chi connectivity index (χ1v) is 6.81. The number of hydrogen-bond acceptors (Lipinski definition) is 5. The fourth-order valence-electron chi connectivity index (χ4n) is 2.08. The molecule has 0 aliphatic rings. The Hall–Kier alpha value is -2.43. The predicted octanol–water partition coefficient (Wildman–Crippen LogP) is 3.11. The van der Waals surface area contributed by atoms with E-state index in [-0.39, 0.29) is 0 Å². The van der Waals surface area contributed by atoms with Crippen LogP contribution in [-0.4, -0.2) is 25.8 Å². The van der Waals surface area contributed by atoms with E-state index in [9.17, 15) is 0 Å². The van der Waals surface area contributed by atoms with E-state index in [0.29, 0.717) is 19.0 Å². The van der Waals surface area contributed by atoms with Gasteiger partial charge in [-0.25, -0.2) is 4.98 Å². The number of hydrogen-bond donors (Lipinski definition) is 1. The van der Waals surface area contributed by atoms with Gasteiger partial charge in [-0.05, 0) is 25.1 Å². The number of nitrogens with zero attached hydrogens (tertiary/aromatic N) is 1. The highest BCUT2D eigenvalue weighted by atomic mass is 16.5. The lowest BCUT2D eigenvalue weighted by Crippen LogP contribution is -2.05. The SMILES string of the molecule is CCOc1cccc(CNc2cccnc2OC)c1OC. The molecule has 0 atom stereocenters. The van der Waals surface area contributed by atoms with Gasteiger partial charge in [-0.2, -0.15) is 0 Å². The number of benzene rings is 1. The summed E-state index contributed by atoms with van der Waals surface area (Å²) in [7, 11) is 3.25. The molecule has 1 aromatic heterocycles. The van der Waals surface area contributed by atoms with Gasteiger partial charge < -0.3 is 19.5 Å². The molecule has 0 fully saturated rings. The van der Waals surface area contributed by atoms with Gasteiger partial charge in [-0.3, -0.25) is 0 Å². The van der Waals surface area contributed by atoms with Crippen LogP contribution in [0.3, 0.4) is 0 Å². The number of ether oxygens (including phenoxy) is 3. The van der Waals surface area contributed by atoms with E-state index in [0.717, 1.165) is 22.7 Å². The van der Waals surface area contributed by atoms with Crippen molar-refractivity contribution in [2.75, 3.05) is 26.1 Å². The van der Waals surface area contributed by atoms with Crippen LogP contribution in [0.25, 0.3) is 0 Å². The summed E-state index contributed by atoms with van der Waals surface area (Å²) >= 11 is 0. The first-order chi connectivity index (χ1) is 10.3. The van der Waals surface area contributed by atoms with Crippen molar-refractivity contribution in [3.63, 3.8) is 0 Å². The van der Waals surface area contributed by atoms with Crippen LogP contribution in [0, 0.1) is 0 Å². The van der Waals surface area contributed by atoms with Crippen LogP contribution in [0.5, 0.6) is 17.4 Å². The second-order valence-electron chi connectivity index (χ2n) is 4.30. The lowest BCUT2D eigenvalue weighted by molar-refractivity contribution is 0.309. The number of methoxy groups -OCH3 is 2. The normalized spacial score (nSPS) is 10.0. The average Bonchev–Trinajstić information content (AvgIpc) is 2.53. The van der Waals surface area contributed by atoms with Crippen molar-refractivity contribution < 1.29 is 14.2 Å². The number of nitrogens with one attached hydrogen (secondary N) is 1. The lowest BCUT2D eigenvalue weighted by Gasteiger charge is -2.15. The zero-order chi connectivity index (χ0) is 15.1. The molecule has 0 bridgehead atoms. The van der Waals surface area contributed by atoms with Crippen LogP contribution in [0.2, 0.25) is 0 Å². The second kappa shape index (κ2) is 7.38. The van der Waals surface area contributed by atoms with E-state index < -0.39 is 0 Å². The number of rotatable bonds is 7. The standard InChI is InChI=1S/C16H20N2O3/c1-4-21-14-9-5-7-12(15(14)19-2)11-18-13-8-6-10-17-16(13)20-3/h5-10,18H,4,11H2,1-3H3. The Bertz CT molecular complexity index is 587. The fraction of sp³-hybridized carbons (Fsp3) is 0.312. The summed E-state index contributed by atoms with van der Waals surface area (Å²) in [4.78, 5) is 4.16. The molecule has 2 aromatic rings. The van der Waals surface area contributed by atoms with E-state index in [2.05, 4.69) is 10.3 Å². The van der Waals surface area contributed by atoms with Crippen molar-refractivity contribution >= 4 is 5.69 Å². The van der Waals surface area contributed by atoms with Gasteiger partial charge in [0.15, 0.2) is 11.5 Å². The molecule has 5 nitrogen and oxygen atoms in total. The summed E-state index contributed by atoms with van der Waals surface area (Å²) in [5, 5.41) is 3.30. The summed E-state index contributed by atoms with van der Waals surface area (Å²) < 4.78 is 16.3. The molecule has 0 radical (unpaired) electrons. The van der Waals surface area contributed by atoms with Crippen molar-refractivity contribution in [3.05, 3.63) is 42.1 Å². The molecule has 21 heavy (non-hydrogen) atoms. The van der Waals surface area contributed by atoms with Crippen molar-refractivity contribution in [3.8, 4) is 17.4 Å². The zero-order valence-corrected chi connectivity index (χ0v) is 12.6. The minimum absolute atomic E-state index is 0.567. The molecule has 5 heteroatoms. The summed E-state index contributed by atoms with van der Waals surface area (Å²) in [5.41, 5.74) is 1.85. The molecule has 0 aliphatic carbocycles. The van der Waals surface area contributed by atoms with Crippen molar-refractivity contribution in [2.45, 2.75) is 13.5 Å². The van der Waals surface area contributed by atoms with Gasteiger partial charge >= 0.3 is 0 Å². The van der Waals surface area contributed by atoms with E-state index in [1.54, 1.807) is 20.4 Å². The van der Waals surface area contributed by atoms with Crippen LogP contribution in [0.4, 0.5) is 5.69 Å². The zero-order valence-electron chi connectivity index (χ0n) is 12.6. The highest BCUT2D eigenvalue weighted by molar-refractivity contribution is 5.54. The highest BCUT2D eigenvalue weighted by Crippen LogP contribution is 2.32. The Balaban J connectivity index is 2.18. The van der Waals surface area contributed by atoms with E-state index in [1.165, 1.54) is 0 Å².